The highest BCUT2D eigenvalue weighted by atomic mass is 32.2. The average molecular weight is 306 g/mol. The van der Waals surface area contributed by atoms with Crippen molar-refractivity contribution in [3.63, 3.8) is 0 Å². The van der Waals surface area contributed by atoms with Gasteiger partial charge in [0.25, 0.3) is 10.1 Å². The van der Waals surface area contributed by atoms with E-state index in [1.165, 1.54) is 11.3 Å². The van der Waals surface area contributed by atoms with Crippen LogP contribution in [0.2, 0.25) is 0 Å². The molecule has 0 aliphatic carbocycles. The van der Waals surface area contributed by atoms with Gasteiger partial charge in [-0.25, -0.2) is 4.79 Å². The van der Waals surface area contributed by atoms with Crippen molar-refractivity contribution >= 4 is 27.4 Å². The standard InChI is InChI=1S/C12H18O5S2/c1-9(2)17-12(13)11-7-6-10(18-11)5-4-8-16-19(3,14)15/h6-7,9H,4-5,8H2,1-3H3. The Hall–Kier alpha value is -0.920. The summed E-state index contributed by atoms with van der Waals surface area (Å²) in [4.78, 5) is 13.2. The number of ether oxygens (including phenoxy) is 1. The second-order valence-electron chi connectivity index (χ2n) is 4.35. The largest absolute Gasteiger partial charge is 0.459 e. The molecule has 0 aromatic carbocycles. The van der Waals surface area contributed by atoms with Crippen molar-refractivity contribution in [1.82, 2.24) is 0 Å². The van der Waals surface area contributed by atoms with Crippen LogP contribution < -0.4 is 0 Å². The molecule has 0 spiro atoms. The van der Waals surface area contributed by atoms with E-state index in [0.29, 0.717) is 17.7 Å². The number of hydrogen-bond donors (Lipinski definition) is 0. The van der Waals surface area contributed by atoms with Crippen LogP contribution in [0.5, 0.6) is 0 Å². The lowest BCUT2D eigenvalue weighted by atomic mass is 10.3. The Bertz CT molecular complexity index is 516. The lowest BCUT2D eigenvalue weighted by molar-refractivity contribution is 0.0384. The molecule has 0 atom stereocenters. The molecule has 7 heteroatoms. The van der Waals surface area contributed by atoms with Crippen LogP contribution in [0.25, 0.3) is 0 Å². The lowest BCUT2D eigenvalue weighted by Gasteiger charge is -2.05. The van der Waals surface area contributed by atoms with E-state index in [-0.39, 0.29) is 18.7 Å². The van der Waals surface area contributed by atoms with E-state index in [2.05, 4.69) is 4.18 Å². The highest BCUT2D eigenvalue weighted by Crippen LogP contribution is 2.19. The molecule has 0 bridgehead atoms. The maximum Gasteiger partial charge on any atom is 0.348 e. The Morgan fingerprint density at radius 3 is 2.63 bits per heavy atom. The molecule has 5 nitrogen and oxygen atoms in total. The van der Waals surface area contributed by atoms with Crippen molar-refractivity contribution in [3.05, 3.63) is 21.9 Å². The maximum atomic E-state index is 11.6. The van der Waals surface area contributed by atoms with Gasteiger partial charge in [-0.3, -0.25) is 4.18 Å². The molecule has 0 radical (unpaired) electrons. The van der Waals surface area contributed by atoms with Gasteiger partial charge < -0.3 is 4.74 Å². The molecule has 0 fully saturated rings. The highest BCUT2D eigenvalue weighted by molar-refractivity contribution is 7.85. The van der Waals surface area contributed by atoms with Gasteiger partial charge in [0.05, 0.1) is 19.0 Å². The molecule has 0 saturated heterocycles. The van der Waals surface area contributed by atoms with Crippen molar-refractivity contribution in [3.8, 4) is 0 Å². The van der Waals surface area contributed by atoms with Crippen LogP contribution in [0.15, 0.2) is 12.1 Å². The summed E-state index contributed by atoms with van der Waals surface area (Å²) >= 11 is 1.36. The van der Waals surface area contributed by atoms with E-state index >= 15 is 0 Å². The zero-order chi connectivity index (χ0) is 14.5. The van der Waals surface area contributed by atoms with Gasteiger partial charge in [0, 0.05) is 4.88 Å². The van der Waals surface area contributed by atoms with E-state index in [1.54, 1.807) is 19.9 Å². The average Bonchev–Trinajstić information content (AvgIpc) is 2.71. The number of carbonyl (C=O) groups is 1. The van der Waals surface area contributed by atoms with Gasteiger partial charge in [-0.1, -0.05) is 0 Å². The third-order valence-corrected chi connectivity index (χ3v) is 3.79. The van der Waals surface area contributed by atoms with Gasteiger partial charge >= 0.3 is 5.97 Å². The minimum absolute atomic E-state index is 0.138. The fourth-order valence-electron chi connectivity index (χ4n) is 1.35. The molecule has 1 aromatic heterocycles. The van der Waals surface area contributed by atoms with Gasteiger partial charge in [0.2, 0.25) is 0 Å². The van der Waals surface area contributed by atoms with Gasteiger partial charge in [0.1, 0.15) is 4.88 Å². The molecule has 0 aliphatic heterocycles. The summed E-state index contributed by atoms with van der Waals surface area (Å²) in [7, 11) is -3.37. The van der Waals surface area contributed by atoms with Crippen molar-refractivity contribution in [2.75, 3.05) is 12.9 Å². The summed E-state index contributed by atoms with van der Waals surface area (Å²) in [6, 6.07) is 3.57. The monoisotopic (exact) mass is 306 g/mol. The van der Waals surface area contributed by atoms with E-state index < -0.39 is 10.1 Å². The van der Waals surface area contributed by atoms with Crippen LogP contribution in [0.3, 0.4) is 0 Å². The normalized spacial score (nSPS) is 11.8. The van der Waals surface area contributed by atoms with Crippen LogP contribution >= 0.6 is 11.3 Å². The summed E-state index contributed by atoms with van der Waals surface area (Å²) in [6.07, 6.45) is 2.15. The Balaban J connectivity index is 2.41. The summed E-state index contributed by atoms with van der Waals surface area (Å²) < 4.78 is 31.2. The molecule has 1 rings (SSSR count). The third-order valence-electron chi connectivity index (χ3n) is 2.07. The maximum absolute atomic E-state index is 11.6. The molecule has 1 aromatic rings. The number of thiophene rings is 1. The van der Waals surface area contributed by atoms with E-state index in [1.807, 2.05) is 6.07 Å². The first-order valence-corrected chi connectivity index (χ1v) is 8.55. The van der Waals surface area contributed by atoms with E-state index in [4.69, 9.17) is 4.74 Å². The molecule has 0 amide bonds. The predicted octanol–water partition coefficient (Wildman–Crippen LogP) is 2.22. The van der Waals surface area contributed by atoms with Gasteiger partial charge in [-0.2, -0.15) is 8.42 Å². The van der Waals surface area contributed by atoms with Crippen molar-refractivity contribution in [2.45, 2.75) is 32.8 Å². The van der Waals surface area contributed by atoms with Crippen LogP contribution in [0, 0.1) is 0 Å². The molecule has 108 valence electrons. The number of rotatable bonds is 7. The molecular weight excluding hydrogens is 288 g/mol. The first-order valence-electron chi connectivity index (χ1n) is 5.92. The van der Waals surface area contributed by atoms with Crippen molar-refractivity contribution in [2.24, 2.45) is 0 Å². The van der Waals surface area contributed by atoms with Crippen LogP contribution in [-0.4, -0.2) is 33.4 Å². The van der Waals surface area contributed by atoms with E-state index in [0.717, 1.165) is 11.1 Å². The quantitative estimate of drug-likeness (QED) is 0.439. The van der Waals surface area contributed by atoms with Crippen molar-refractivity contribution < 1.29 is 22.1 Å². The number of carbonyl (C=O) groups excluding carboxylic acids is 1. The zero-order valence-electron chi connectivity index (χ0n) is 11.2. The molecule has 19 heavy (non-hydrogen) atoms. The second kappa shape index (κ2) is 7.02. The molecular formula is C12H18O5S2. The van der Waals surface area contributed by atoms with E-state index in [9.17, 15) is 13.2 Å². The van der Waals surface area contributed by atoms with Gasteiger partial charge in [-0.15, -0.1) is 11.3 Å². The Morgan fingerprint density at radius 2 is 2.05 bits per heavy atom. The predicted molar refractivity (Wildman–Crippen MR) is 74.0 cm³/mol. The summed E-state index contributed by atoms with van der Waals surface area (Å²) in [5.41, 5.74) is 0. The number of aryl methyl sites for hydroxylation is 1. The smallest absolute Gasteiger partial charge is 0.348 e. The molecule has 0 N–H and O–H groups in total. The lowest BCUT2D eigenvalue weighted by Crippen LogP contribution is -2.09. The third kappa shape index (κ3) is 6.70. The van der Waals surface area contributed by atoms with Crippen LogP contribution in [0.4, 0.5) is 0 Å². The van der Waals surface area contributed by atoms with Gasteiger partial charge in [-0.05, 0) is 38.8 Å². The minimum atomic E-state index is -3.37. The molecule has 0 unspecified atom stereocenters. The first-order chi connectivity index (χ1) is 8.78. The number of esters is 1. The fourth-order valence-corrected chi connectivity index (χ4v) is 2.70. The second-order valence-corrected chi connectivity index (χ2v) is 7.16. The highest BCUT2D eigenvalue weighted by Gasteiger charge is 2.12. The van der Waals surface area contributed by atoms with Gasteiger partial charge in [0.15, 0.2) is 0 Å². The summed E-state index contributed by atoms with van der Waals surface area (Å²) in [5, 5.41) is 0. The number of hydrogen-bond acceptors (Lipinski definition) is 6. The Morgan fingerprint density at radius 1 is 1.37 bits per heavy atom. The molecule has 0 saturated carbocycles. The topological polar surface area (TPSA) is 69.7 Å². The SMILES string of the molecule is CC(C)OC(=O)c1ccc(CCCOS(C)(=O)=O)s1. The summed E-state index contributed by atoms with van der Waals surface area (Å²) in [5.74, 6) is -0.321. The fraction of sp³-hybridized carbons (Fsp3) is 0.583. The Kier molecular flexibility index (Phi) is 5.96. The summed E-state index contributed by atoms with van der Waals surface area (Å²) in [6.45, 7) is 3.76. The molecule has 0 aliphatic rings. The van der Waals surface area contributed by atoms with Crippen molar-refractivity contribution in [1.29, 1.82) is 0 Å². The first kappa shape index (κ1) is 16.1. The molecule has 1 heterocycles. The van der Waals surface area contributed by atoms with Crippen LogP contribution in [-0.2, 0) is 25.5 Å². The van der Waals surface area contributed by atoms with Crippen LogP contribution in [0.1, 0.15) is 34.8 Å². The Labute approximate surface area is 117 Å². The zero-order valence-corrected chi connectivity index (χ0v) is 12.8. The minimum Gasteiger partial charge on any atom is -0.459 e.